The minimum absolute atomic E-state index is 0.0508. The van der Waals surface area contributed by atoms with Crippen LogP contribution in [0.15, 0.2) is 46.4 Å². The van der Waals surface area contributed by atoms with E-state index in [1.807, 2.05) is 0 Å². The SMILES string of the molecule is C[C@@]12C(=O)N(c3ccc(F)c(Cl)c3)C(=O)[C@@H]1C[C@@H]1C(=CC[C@@H]3C(=O)N(C(N)=O)C(=O)[C@@H]31)[C@@H]2c1ccc(CO)o1. The Kier molecular flexibility index (Phi) is 5.60. The molecule has 0 unspecified atom stereocenters. The number of likely N-dealkylation sites (tertiary alicyclic amines) is 1. The van der Waals surface area contributed by atoms with Crippen molar-refractivity contribution >= 4 is 46.9 Å². The van der Waals surface area contributed by atoms with Gasteiger partial charge in [0.1, 0.15) is 23.9 Å². The van der Waals surface area contributed by atoms with E-state index < -0.39 is 77.1 Å². The molecular weight excluding hydrogens is 533 g/mol. The number of carbonyl (C=O) groups excluding carboxylic acids is 5. The van der Waals surface area contributed by atoms with Crippen LogP contribution in [0.4, 0.5) is 14.9 Å². The average Bonchev–Trinajstić information content (AvgIpc) is 3.52. The topological polar surface area (TPSA) is 151 Å². The second-order valence-electron chi connectivity index (χ2n) is 10.6. The van der Waals surface area contributed by atoms with Crippen molar-refractivity contribution in [2.24, 2.45) is 34.8 Å². The number of hydrogen-bond acceptors (Lipinski definition) is 7. The van der Waals surface area contributed by atoms with E-state index in [1.54, 1.807) is 25.1 Å². The molecule has 39 heavy (non-hydrogen) atoms. The molecule has 0 spiro atoms. The number of fused-ring (bicyclic) bond motifs is 4. The number of anilines is 1. The van der Waals surface area contributed by atoms with Gasteiger partial charge in [-0.3, -0.25) is 19.2 Å². The highest BCUT2D eigenvalue weighted by atomic mass is 35.5. The van der Waals surface area contributed by atoms with Gasteiger partial charge in [0.05, 0.1) is 39.8 Å². The molecule has 1 aromatic carbocycles. The first-order valence-electron chi connectivity index (χ1n) is 12.4. The highest BCUT2D eigenvalue weighted by Crippen LogP contribution is 2.63. The van der Waals surface area contributed by atoms with E-state index in [2.05, 4.69) is 0 Å². The molecule has 202 valence electrons. The normalized spacial score (nSPS) is 31.8. The van der Waals surface area contributed by atoms with Crippen LogP contribution in [0.3, 0.4) is 0 Å². The Morgan fingerprint density at radius 1 is 1.15 bits per heavy atom. The maximum Gasteiger partial charge on any atom is 0.328 e. The number of aliphatic hydroxyl groups is 1. The molecule has 3 heterocycles. The Morgan fingerprint density at radius 2 is 1.90 bits per heavy atom. The second kappa shape index (κ2) is 8.59. The number of amides is 6. The van der Waals surface area contributed by atoms with E-state index in [-0.39, 0.29) is 29.3 Å². The summed E-state index contributed by atoms with van der Waals surface area (Å²) in [4.78, 5) is 67.7. The van der Waals surface area contributed by atoms with Gasteiger partial charge in [-0.15, -0.1) is 0 Å². The van der Waals surface area contributed by atoms with Crippen molar-refractivity contribution in [3.05, 3.63) is 64.3 Å². The lowest BCUT2D eigenvalue weighted by Gasteiger charge is -2.48. The average molecular weight is 556 g/mol. The number of aliphatic hydroxyl groups excluding tert-OH is 1. The second-order valence-corrected chi connectivity index (χ2v) is 11.0. The molecule has 0 bridgehead atoms. The number of imide groups is 4. The van der Waals surface area contributed by atoms with Crippen molar-refractivity contribution in [2.45, 2.75) is 32.3 Å². The minimum Gasteiger partial charge on any atom is -0.463 e. The molecule has 0 radical (unpaired) electrons. The zero-order valence-corrected chi connectivity index (χ0v) is 21.4. The third-order valence-electron chi connectivity index (χ3n) is 8.78. The zero-order chi connectivity index (χ0) is 28.0. The highest BCUT2D eigenvalue weighted by Gasteiger charge is 2.68. The molecule has 12 heteroatoms. The maximum absolute atomic E-state index is 14.1. The van der Waals surface area contributed by atoms with Gasteiger partial charge in [0.15, 0.2) is 0 Å². The molecule has 2 aromatic rings. The van der Waals surface area contributed by atoms with Gasteiger partial charge >= 0.3 is 6.03 Å². The lowest BCUT2D eigenvalue weighted by molar-refractivity contribution is -0.136. The number of nitrogens with two attached hydrogens (primary N) is 1. The predicted molar refractivity (Wildman–Crippen MR) is 132 cm³/mol. The third kappa shape index (κ3) is 3.32. The smallest absolute Gasteiger partial charge is 0.328 e. The Hall–Kier alpha value is -3.83. The van der Waals surface area contributed by atoms with E-state index >= 15 is 0 Å². The summed E-state index contributed by atoms with van der Waals surface area (Å²) in [6.45, 7) is 1.25. The van der Waals surface area contributed by atoms with Gasteiger partial charge in [0.25, 0.3) is 0 Å². The first kappa shape index (κ1) is 25.4. The van der Waals surface area contributed by atoms with Crippen molar-refractivity contribution < 1.29 is 37.9 Å². The monoisotopic (exact) mass is 555 g/mol. The van der Waals surface area contributed by atoms with Gasteiger partial charge in [-0.2, -0.15) is 4.90 Å². The molecule has 4 aliphatic rings. The van der Waals surface area contributed by atoms with Gasteiger partial charge < -0.3 is 15.3 Å². The molecule has 10 nitrogen and oxygen atoms in total. The summed E-state index contributed by atoms with van der Waals surface area (Å²) < 4.78 is 19.8. The molecule has 2 saturated heterocycles. The molecule has 2 aliphatic carbocycles. The van der Waals surface area contributed by atoms with Crippen LogP contribution in [-0.4, -0.2) is 39.7 Å². The molecule has 3 fully saturated rings. The quantitative estimate of drug-likeness (QED) is 0.436. The maximum atomic E-state index is 14.1. The third-order valence-corrected chi connectivity index (χ3v) is 9.07. The van der Waals surface area contributed by atoms with Gasteiger partial charge in [-0.25, -0.2) is 14.1 Å². The van der Waals surface area contributed by atoms with Gasteiger partial charge in [-0.05, 0) is 56.0 Å². The number of nitrogens with zero attached hydrogens (tertiary/aromatic N) is 2. The number of halogens is 2. The number of furan rings is 1. The van der Waals surface area contributed by atoms with Gasteiger partial charge in [0.2, 0.25) is 23.6 Å². The molecule has 3 N–H and O–H groups in total. The number of urea groups is 1. The van der Waals surface area contributed by atoms with Crippen LogP contribution < -0.4 is 10.6 Å². The summed E-state index contributed by atoms with van der Waals surface area (Å²) in [5.41, 5.74) is 4.69. The summed E-state index contributed by atoms with van der Waals surface area (Å²) in [5, 5.41) is 9.36. The molecule has 6 amide bonds. The fourth-order valence-corrected chi connectivity index (χ4v) is 7.21. The Morgan fingerprint density at radius 3 is 2.54 bits per heavy atom. The lowest BCUT2D eigenvalue weighted by Crippen LogP contribution is -2.49. The van der Waals surface area contributed by atoms with Crippen LogP contribution in [0, 0.1) is 34.9 Å². The zero-order valence-electron chi connectivity index (χ0n) is 20.6. The van der Waals surface area contributed by atoms with Crippen molar-refractivity contribution in [2.75, 3.05) is 4.90 Å². The summed E-state index contributed by atoms with van der Waals surface area (Å²) in [6.07, 6.45) is 1.97. The Balaban J connectivity index is 1.51. The number of rotatable bonds is 3. The minimum atomic E-state index is -1.38. The summed E-state index contributed by atoms with van der Waals surface area (Å²) in [5.74, 6) is -6.90. The van der Waals surface area contributed by atoms with E-state index in [1.165, 1.54) is 12.1 Å². The number of allylic oxidation sites excluding steroid dienone is 2. The summed E-state index contributed by atoms with van der Waals surface area (Å²) in [7, 11) is 0. The van der Waals surface area contributed by atoms with Crippen molar-refractivity contribution in [1.29, 1.82) is 0 Å². The largest absolute Gasteiger partial charge is 0.463 e. The van der Waals surface area contributed by atoms with Crippen LogP contribution in [0.2, 0.25) is 5.02 Å². The lowest BCUT2D eigenvalue weighted by atomic mass is 9.52. The fourth-order valence-electron chi connectivity index (χ4n) is 7.04. The number of primary amides is 1. The van der Waals surface area contributed by atoms with Crippen LogP contribution in [-0.2, 0) is 25.8 Å². The van der Waals surface area contributed by atoms with Crippen LogP contribution in [0.1, 0.15) is 37.2 Å². The van der Waals surface area contributed by atoms with E-state index in [4.69, 9.17) is 21.8 Å². The molecule has 1 saturated carbocycles. The molecule has 1 aromatic heterocycles. The standard InChI is InChI=1S/C27H23ClFN3O7/c1-27-16(23(35)31(25(27)37)11-2-6-18(29)17(28)8-11)9-15-13(21(27)19-7-3-12(10-33)39-19)4-5-14-20(15)24(36)32(22(14)34)26(30)38/h2-4,6-8,14-16,20-21,33H,5,9-10H2,1H3,(H2,30,38)/t14-,15+,16-,20-,21+,27+/m0/s1. The molecule has 6 atom stereocenters. The van der Waals surface area contributed by atoms with Crippen molar-refractivity contribution in [3.63, 3.8) is 0 Å². The number of hydrogen-bond donors (Lipinski definition) is 2. The van der Waals surface area contributed by atoms with Gasteiger partial charge in [-0.1, -0.05) is 23.3 Å². The van der Waals surface area contributed by atoms with Crippen LogP contribution >= 0.6 is 11.6 Å². The number of benzene rings is 1. The highest BCUT2D eigenvalue weighted by molar-refractivity contribution is 6.31. The molecule has 6 rings (SSSR count). The van der Waals surface area contributed by atoms with E-state index in [0.717, 1.165) is 11.0 Å². The van der Waals surface area contributed by atoms with E-state index in [9.17, 15) is 33.5 Å². The first-order valence-corrected chi connectivity index (χ1v) is 12.8. The van der Waals surface area contributed by atoms with Crippen molar-refractivity contribution in [3.8, 4) is 0 Å². The van der Waals surface area contributed by atoms with Crippen LogP contribution in [0.5, 0.6) is 0 Å². The molecule has 2 aliphatic heterocycles. The Labute approximate surface area is 226 Å². The summed E-state index contributed by atoms with van der Waals surface area (Å²) in [6, 6.07) is 5.56. The van der Waals surface area contributed by atoms with Crippen LogP contribution in [0.25, 0.3) is 0 Å². The Bertz CT molecular complexity index is 1520. The van der Waals surface area contributed by atoms with Crippen molar-refractivity contribution in [1.82, 2.24) is 4.90 Å². The number of carbonyl (C=O) groups is 5. The van der Waals surface area contributed by atoms with E-state index in [0.29, 0.717) is 16.2 Å². The predicted octanol–water partition coefficient (Wildman–Crippen LogP) is 2.87. The molecular formula is C27H23ClFN3O7. The van der Waals surface area contributed by atoms with Gasteiger partial charge in [0, 0.05) is 0 Å². The summed E-state index contributed by atoms with van der Waals surface area (Å²) >= 11 is 5.96. The fraction of sp³-hybridized carbons (Fsp3) is 0.370. The first-order chi connectivity index (χ1) is 18.5.